The number of H-pyrrole nitrogens is 1. The average molecular weight is 448 g/mol. The van der Waals surface area contributed by atoms with Gasteiger partial charge in [-0.2, -0.15) is 0 Å². The molecule has 2 aromatic carbocycles. The van der Waals surface area contributed by atoms with Crippen LogP contribution in [0.2, 0.25) is 5.02 Å². The van der Waals surface area contributed by atoms with E-state index in [4.69, 9.17) is 26.1 Å². The summed E-state index contributed by atoms with van der Waals surface area (Å²) >= 11 is 6.08. The molecule has 0 saturated heterocycles. The van der Waals surface area contributed by atoms with Gasteiger partial charge >= 0.3 is 0 Å². The first kappa shape index (κ1) is 20.8. The molecule has 1 saturated carbocycles. The van der Waals surface area contributed by atoms with Gasteiger partial charge in [0.15, 0.2) is 11.5 Å². The number of amides is 1. The molecule has 2 N–H and O–H groups in total. The van der Waals surface area contributed by atoms with E-state index in [1.54, 1.807) is 18.2 Å². The zero-order chi connectivity index (χ0) is 19.8. The molecule has 1 fully saturated rings. The number of halogens is 2. The van der Waals surface area contributed by atoms with Crippen LogP contribution >= 0.6 is 24.0 Å². The highest BCUT2D eigenvalue weighted by molar-refractivity contribution is 6.31. The molecule has 2 aliphatic rings. The van der Waals surface area contributed by atoms with Crippen molar-refractivity contribution in [3.63, 3.8) is 0 Å². The minimum Gasteiger partial charge on any atom is -0.486 e. The minimum absolute atomic E-state index is 0. The van der Waals surface area contributed by atoms with Crippen LogP contribution in [0.1, 0.15) is 47.8 Å². The van der Waals surface area contributed by atoms with Crippen LogP contribution in [0.25, 0.3) is 11.0 Å². The number of imidazole rings is 1. The maximum Gasteiger partial charge on any atom is 0.251 e. The highest BCUT2D eigenvalue weighted by atomic mass is 35.5. The topological polar surface area (TPSA) is 76.2 Å². The van der Waals surface area contributed by atoms with Crippen molar-refractivity contribution in [3.05, 3.63) is 52.8 Å². The maximum atomic E-state index is 12.8. The monoisotopic (exact) mass is 447 g/mol. The number of carbonyl (C=O) groups excluding carboxylic acids is 1. The zero-order valence-corrected chi connectivity index (χ0v) is 17.9. The highest BCUT2D eigenvalue weighted by Crippen LogP contribution is 2.34. The number of carbonyl (C=O) groups is 1. The van der Waals surface area contributed by atoms with Crippen molar-refractivity contribution >= 4 is 40.9 Å². The largest absolute Gasteiger partial charge is 0.486 e. The lowest BCUT2D eigenvalue weighted by molar-refractivity contribution is 0.0923. The first-order valence-electron chi connectivity index (χ1n) is 10.0. The highest BCUT2D eigenvalue weighted by Gasteiger charge is 2.27. The van der Waals surface area contributed by atoms with E-state index in [1.165, 1.54) is 0 Å². The molecule has 158 valence electrons. The molecular weight excluding hydrogens is 425 g/mol. The number of ether oxygens (including phenoxy) is 2. The van der Waals surface area contributed by atoms with Crippen LogP contribution in [-0.4, -0.2) is 35.1 Å². The van der Waals surface area contributed by atoms with Crippen molar-refractivity contribution in [3.8, 4) is 11.5 Å². The number of fused-ring (bicyclic) bond motifs is 2. The van der Waals surface area contributed by atoms with Gasteiger partial charge < -0.3 is 19.8 Å². The van der Waals surface area contributed by atoms with Gasteiger partial charge in [-0.25, -0.2) is 4.98 Å². The number of rotatable bonds is 3. The van der Waals surface area contributed by atoms with Crippen molar-refractivity contribution in [2.24, 2.45) is 0 Å². The van der Waals surface area contributed by atoms with E-state index in [1.807, 2.05) is 18.2 Å². The molecule has 1 aromatic heterocycles. The zero-order valence-electron chi connectivity index (χ0n) is 16.3. The fourth-order valence-corrected chi connectivity index (χ4v) is 4.39. The molecular formula is C22H23Cl2N3O3. The van der Waals surface area contributed by atoms with Crippen molar-refractivity contribution < 1.29 is 14.3 Å². The Hall–Kier alpha value is -2.44. The molecule has 1 amide bonds. The molecule has 6 nitrogen and oxygen atoms in total. The minimum atomic E-state index is -0.0796. The molecule has 1 aliphatic carbocycles. The molecule has 30 heavy (non-hydrogen) atoms. The average Bonchev–Trinajstić information content (AvgIpc) is 3.17. The van der Waals surface area contributed by atoms with Crippen molar-refractivity contribution in [2.75, 3.05) is 13.2 Å². The predicted octanol–water partition coefficient (Wildman–Crippen LogP) is 4.87. The van der Waals surface area contributed by atoms with E-state index in [0.717, 1.165) is 42.5 Å². The molecule has 0 bridgehead atoms. The SMILES string of the molecule is Cl.O=C(N[C@@H]1CCC[C@H](c2nc3ccc(Cl)cc3[nH]2)C1)c1ccc2c(c1)OCCO2. The van der Waals surface area contributed by atoms with Crippen LogP contribution in [-0.2, 0) is 0 Å². The summed E-state index contributed by atoms with van der Waals surface area (Å²) in [6.45, 7) is 1.04. The Morgan fingerprint density at radius 2 is 1.93 bits per heavy atom. The molecule has 0 unspecified atom stereocenters. The normalized spacial score (nSPS) is 20.4. The van der Waals surface area contributed by atoms with Crippen molar-refractivity contribution in [2.45, 2.75) is 37.6 Å². The molecule has 0 radical (unpaired) electrons. The van der Waals surface area contributed by atoms with Gasteiger partial charge in [0.25, 0.3) is 5.91 Å². The van der Waals surface area contributed by atoms with E-state index in [2.05, 4.69) is 10.3 Å². The van der Waals surface area contributed by atoms with Gasteiger partial charge in [0, 0.05) is 22.5 Å². The third-order valence-corrected chi connectivity index (χ3v) is 5.90. The van der Waals surface area contributed by atoms with Crippen LogP contribution in [0.4, 0.5) is 0 Å². The lowest BCUT2D eigenvalue weighted by Crippen LogP contribution is -2.38. The smallest absolute Gasteiger partial charge is 0.251 e. The second kappa shape index (κ2) is 8.74. The molecule has 2 atom stereocenters. The number of benzene rings is 2. The van der Waals surface area contributed by atoms with Gasteiger partial charge in [-0.15, -0.1) is 12.4 Å². The van der Waals surface area contributed by atoms with Gasteiger partial charge in [-0.05, 0) is 55.7 Å². The van der Waals surface area contributed by atoms with Gasteiger partial charge in [-0.3, -0.25) is 4.79 Å². The standard InChI is InChI=1S/C22H22ClN3O3.ClH/c23-15-5-6-17-18(12-15)26-21(25-17)13-2-1-3-16(10-13)24-22(27)14-4-7-19-20(11-14)29-9-8-28-19;/h4-7,11-13,16H,1-3,8-10H2,(H,24,27)(H,25,26);1H/t13-,16+;/m0./s1. The second-order valence-electron chi connectivity index (χ2n) is 7.68. The fourth-order valence-electron chi connectivity index (χ4n) is 4.22. The summed E-state index contributed by atoms with van der Waals surface area (Å²) in [4.78, 5) is 20.9. The van der Waals surface area contributed by atoms with E-state index in [0.29, 0.717) is 41.2 Å². The fraction of sp³-hybridized carbons (Fsp3) is 0.364. The Balaban J connectivity index is 0.00000218. The summed E-state index contributed by atoms with van der Waals surface area (Å²) in [7, 11) is 0. The van der Waals surface area contributed by atoms with Crippen LogP contribution in [0.5, 0.6) is 11.5 Å². The predicted molar refractivity (Wildman–Crippen MR) is 118 cm³/mol. The van der Waals surface area contributed by atoms with Crippen LogP contribution in [0.15, 0.2) is 36.4 Å². The summed E-state index contributed by atoms with van der Waals surface area (Å²) in [6, 6.07) is 11.1. The van der Waals surface area contributed by atoms with Crippen molar-refractivity contribution in [1.29, 1.82) is 0 Å². The summed E-state index contributed by atoms with van der Waals surface area (Å²) < 4.78 is 11.1. The van der Waals surface area contributed by atoms with E-state index >= 15 is 0 Å². The number of nitrogens with zero attached hydrogens (tertiary/aromatic N) is 1. The molecule has 1 aliphatic heterocycles. The molecule has 8 heteroatoms. The van der Waals surface area contributed by atoms with Crippen molar-refractivity contribution in [1.82, 2.24) is 15.3 Å². The van der Waals surface area contributed by atoms with E-state index in [-0.39, 0.29) is 24.4 Å². The lowest BCUT2D eigenvalue weighted by atomic mass is 9.85. The summed E-state index contributed by atoms with van der Waals surface area (Å²) in [5, 5.41) is 3.88. The van der Waals surface area contributed by atoms with Crippen LogP contribution < -0.4 is 14.8 Å². The number of nitrogens with one attached hydrogen (secondary N) is 2. The first-order chi connectivity index (χ1) is 14.2. The molecule has 2 heterocycles. The Labute approximate surface area is 185 Å². The summed E-state index contributed by atoms with van der Waals surface area (Å²) in [5.74, 6) is 2.51. The summed E-state index contributed by atoms with van der Waals surface area (Å²) in [5.41, 5.74) is 2.47. The van der Waals surface area contributed by atoms with E-state index < -0.39 is 0 Å². The molecule has 0 spiro atoms. The number of aromatic amines is 1. The van der Waals surface area contributed by atoms with Gasteiger partial charge in [0.1, 0.15) is 19.0 Å². The Bertz CT molecular complexity index is 1070. The first-order valence-corrected chi connectivity index (χ1v) is 10.4. The second-order valence-corrected chi connectivity index (χ2v) is 8.11. The van der Waals surface area contributed by atoms with Gasteiger partial charge in [-0.1, -0.05) is 18.0 Å². The van der Waals surface area contributed by atoms with Crippen LogP contribution in [0, 0.1) is 0 Å². The Kier molecular flexibility index (Phi) is 6.06. The molecule has 3 aromatic rings. The van der Waals surface area contributed by atoms with Gasteiger partial charge in [0.2, 0.25) is 0 Å². The third-order valence-electron chi connectivity index (χ3n) is 5.66. The van der Waals surface area contributed by atoms with Gasteiger partial charge in [0.05, 0.1) is 11.0 Å². The maximum absolute atomic E-state index is 12.8. The summed E-state index contributed by atoms with van der Waals surface area (Å²) in [6.07, 6.45) is 3.95. The number of aromatic nitrogens is 2. The van der Waals surface area contributed by atoms with E-state index in [9.17, 15) is 4.79 Å². The third kappa shape index (κ3) is 4.20. The Morgan fingerprint density at radius 1 is 1.10 bits per heavy atom. The Morgan fingerprint density at radius 3 is 2.80 bits per heavy atom. The molecule has 5 rings (SSSR count). The quantitative estimate of drug-likeness (QED) is 0.600. The van der Waals surface area contributed by atoms with Crippen LogP contribution in [0.3, 0.4) is 0 Å². The lowest BCUT2D eigenvalue weighted by Gasteiger charge is -2.29. The number of hydrogen-bond acceptors (Lipinski definition) is 4. The number of hydrogen-bond donors (Lipinski definition) is 2.